The minimum Gasteiger partial charge on any atom is -0.495 e. The molecule has 5 nitrogen and oxygen atoms in total. The van der Waals surface area contributed by atoms with Crippen LogP contribution >= 0.6 is 46.4 Å². The molecule has 0 bridgehead atoms. The molecular formula is C20H11Cl4NO4. The van der Waals surface area contributed by atoms with E-state index in [4.69, 9.17) is 55.9 Å². The van der Waals surface area contributed by atoms with E-state index < -0.39 is 11.8 Å². The summed E-state index contributed by atoms with van der Waals surface area (Å²) in [6.45, 7) is 0. The van der Waals surface area contributed by atoms with Gasteiger partial charge in [-0.05, 0) is 30.3 Å². The Labute approximate surface area is 185 Å². The number of carbonyl (C=O) groups is 2. The van der Waals surface area contributed by atoms with Crippen LogP contribution in [0.1, 0.15) is 20.7 Å². The van der Waals surface area contributed by atoms with Crippen molar-refractivity contribution in [2.75, 3.05) is 19.1 Å². The van der Waals surface area contributed by atoms with Crippen LogP contribution in [0, 0.1) is 0 Å². The summed E-state index contributed by atoms with van der Waals surface area (Å²) in [5.74, 6) is -0.787. The number of imide groups is 1. The molecule has 9 heteroatoms. The standard InChI is InChI=1S/C20H11Cl4NO4/c1-28-17-11-6-13(23)14(24)7-12(11)18(29-2)16-15(17)19(26)25(20(16)27)10-4-8(21)3-9(22)5-10/h3-7H,1-2H3. The Morgan fingerprint density at radius 1 is 0.690 bits per heavy atom. The highest BCUT2D eigenvalue weighted by Gasteiger charge is 2.43. The third kappa shape index (κ3) is 3.01. The third-order valence-electron chi connectivity index (χ3n) is 4.60. The SMILES string of the molecule is COc1c2c(c(OC)c3cc(Cl)c(Cl)cc13)C(=O)N(c1cc(Cl)cc(Cl)c1)C2=O. The monoisotopic (exact) mass is 469 g/mol. The number of ether oxygens (including phenoxy) is 2. The lowest BCUT2D eigenvalue weighted by atomic mass is 9.99. The molecule has 1 heterocycles. The van der Waals surface area contributed by atoms with Gasteiger partial charge in [0.1, 0.15) is 11.5 Å². The van der Waals surface area contributed by atoms with Gasteiger partial charge in [0.2, 0.25) is 0 Å². The van der Waals surface area contributed by atoms with E-state index in [-0.39, 0.29) is 48.4 Å². The average Bonchev–Trinajstić information content (AvgIpc) is 2.91. The van der Waals surface area contributed by atoms with E-state index in [2.05, 4.69) is 0 Å². The summed E-state index contributed by atoms with van der Waals surface area (Å²) in [5, 5.41) is 2.09. The average molecular weight is 471 g/mol. The fourth-order valence-electron chi connectivity index (χ4n) is 3.47. The first-order valence-corrected chi connectivity index (χ1v) is 9.71. The van der Waals surface area contributed by atoms with Crippen molar-refractivity contribution in [2.24, 2.45) is 0 Å². The highest BCUT2D eigenvalue weighted by atomic mass is 35.5. The summed E-state index contributed by atoms with van der Waals surface area (Å²) in [4.78, 5) is 27.6. The van der Waals surface area contributed by atoms with Crippen molar-refractivity contribution in [2.45, 2.75) is 0 Å². The first kappa shape index (κ1) is 20.1. The number of carbonyl (C=O) groups excluding carboxylic acids is 2. The number of rotatable bonds is 3. The van der Waals surface area contributed by atoms with E-state index in [0.29, 0.717) is 10.8 Å². The van der Waals surface area contributed by atoms with Gasteiger partial charge in [0.15, 0.2) is 0 Å². The molecule has 2 amide bonds. The first-order valence-electron chi connectivity index (χ1n) is 8.20. The van der Waals surface area contributed by atoms with E-state index in [1.54, 1.807) is 12.1 Å². The van der Waals surface area contributed by atoms with Crippen LogP contribution < -0.4 is 14.4 Å². The van der Waals surface area contributed by atoms with Gasteiger partial charge in [0.25, 0.3) is 11.8 Å². The lowest BCUT2D eigenvalue weighted by Crippen LogP contribution is -2.29. The van der Waals surface area contributed by atoms with Gasteiger partial charge in [0.05, 0.1) is 41.1 Å². The summed E-state index contributed by atoms with van der Waals surface area (Å²) in [6, 6.07) is 7.59. The molecule has 3 aromatic carbocycles. The molecule has 29 heavy (non-hydrogen) atoms. The zero-order chi connectivity index (χ0) is 21.0. The molecule has 0 aliphatic carbocycles. The maximum Gasteiger partial charge on any atom is 0.270 e. The van der Waals surface area contributed by atoms with Crippen molar-refractivity contribution in [3.05, 3.63) is 61.5 Å². The molecule has 0 aromatic heterocycles. The number of amides is 2. The molecule has 148 valence electrons. The number of methoxy groups -OCH3 is 2. The van der Waals surface area contributed by atoms with E-state index in [0.717, 1.165) is 4.90 Å². The van der Waals surface area contributed by atoms with Crippen LogP contribution in [0.15, 0.2) is 30.3 Å². The number of halogens is 4. The van der Waals surface area contributed by atoms with Crippen LogP contribution in [0.2, 0.25) is 20.1 Å². The van der Waals surface area contributed by atoms with E-state index in [1.165, 1.54) is 32.4 Å². The molecule has 0 spiro atoms. The Balaban J connectivity index is 2.07. The maximum absolute atomic E-state index is 13.3. The fraction of sp³-hybridized carbons (Fsp3) is 0.100. The second-order valence-electron chi connectivity index (χ2n) is 6.20. The summed E-state index contributed by atoms with van der Waals surface area (Å²) < 4.78 is 11.0. The highest BCUT2D eigenvalue weighted by Crippen LogP contribution is 2.47. The molecule has 1 aliphatic rings. The summed E-state index contributed by atoms with van der Waals surface area (Å²) >= 11 is 24.5. The molecule has 0 saturated carbocycles. The van der Waals surface area contributed by atoms with Gasteiger partial charge < -0.3 is 9.47 Å². The molecule has 0 saturated heterocycles. The van der Waals surface area contributed by atoms with Crippen molar-refractivity contribution in [3.8, 4) is 11.5 Å². The second kappa shape index (κ2) is 7.26. The van der Waals surface area contributed by atoms with Gasteiger partial charge in [-0.25, -0.2) is 4.90 Å². The Kier molecular flexibility index (Phi) is 5.03. The van der Waals surface area contributed by atoms with Crippen LogP contribution in [0.5, 0.6) is 11.5 Å². The highest BCUT2D eigenvalue weighted by molar-refractivity contribution is 6.44. The molecule has 0 radical (unpaired) electrons. The van der Waals surface area contributed by atoms with Gasteiger partial charge >= 0.3 is 0 Å². The molecule has 1 aliphatic heterocycles. The number of benzene rings is 3. The quantitative estimate of drug-likeness (QED) is 0.423. The van der Waals surface area contributed by atoms with Crippen molar-refractivity contribution in [1.29, 1.82) is 0 Å². The Morgan fingerprint density at radius 3 is 1.48 bits per heavy atom. The second-order valence-corrected chi connectivity index (χ2v) is 7.89. The van der Waals surface area contributed by atoms with Crippen LogP contribution in [-0.4, -0.2) is 26.0 Å². The van der Waals surface area contributed by atoms with E-state index in [9.17, 15) is 9.59 Å². The maximum atomic E-state index is 13.3. The van der Waals surface area contributed by atoms with Crippen molar-refractivity contribution >= 4 is 74.7 Å². The van der Waals surface area contributed by atoms with Gasteiger partial charge in [-0.3, -0.25) is 9.59 Å². The normalized spacial score (nSPS) is 13.2. The summed E-state index contributed by atoms with van der Waals surface area (Å²) in [5.41, 5.74) is 0.366. The molecule has 0 atom stereocenters. The molecule has 0 unspecified atom stereocenters. The summed E-state index contributed by atoms with van der Waals surface area (Å²) in [7, 11) is 2.81. The largest absolute Gasteiger partial charge is 0.495 e. The zero-order valence-electron chi connectivity index (χ0n) is 15.0. The molecule has 3 aromatic rings. The van der Waals surface area contributed by atoms with Gasteiger partial charge in [0, 0.05) is 20.8 Å². The number of nitrogens with zero attached hydrogens (tertiary/aromatic N) is 1. The predicted molar refractivity (Wildman–Crippen MR) is 115 cm³/mol. The Bertz CT molecular complexity index is 1140. The zero-order valence-corrected chi connectivity index (χ0v) is 18.0. The number of fused-ring (bicyclic) bond motifs is 2. The van der Waals surface area contributed by atoms with Crippen molar-refractivity contribution in [1.82, 2.24) is 0 Å². The fourth-order valence-corrected chi connectivity index (χ4v) is 4.31. The lowest BCUT2D eigenvalue weighted by Gasteiger charge is -2.14. The summed E-state index contributed by atoms with van der Waals surface area (Å²) in [6.07, 6.45) is 0. The third-order valence-corrected chi connectivity index (χ3v) is 5.76. The van der Waals surface area contributed by atoms with Gasteiger partial charge in [-0.15, -0.1) is 0 Å². The number of hydrogen-bond donors (Lipinski definition) is 0. The molecule has 4 rings (SSSR count). The topological polar surface area (TPSA) is 55.8 Å². The van der Waals surface area contributed by atoms with Crippen LogP contribution in [-0.2, 0) is 0 Å². The number of anilines is 1. The minimum absolute atomic E-state index is 0.0661. The molecular weight excluding hydrogens is 460 g/mol. The Hall–Kier alpha value is -2.18. The van der Waals surface area contributed by atoms with Crippen molar-refractivity contribution in [3.63, 3.8) is 0 Å². The van der Waals surface area contributed by atoms with Gasteiger partial charge in [-0.1, -0.05) is 46.4 Å². The van der Waals surface area contributed by atoms with Crippen LogP contribution in [0.3, 0.4) is 0 Å². The molecule has 0 N–H and O–H groups in total. The molecule has 0 fully saturated rings. The number of hydrogen-bond acceptors (Lipinski definition) is 4. The smallest absolute Gasteiger partial charge is 0.270 e. The van der Waals surface area contributed by atoms with E-state index in [1.807, 2.05) is 0 Å². The predicted octanol–water partition coefficient (Wildman–Crippen LogP) is 6.27. The van der Waals surface area contributed by atoms with Crippen LogP contribution in [0.4, 0.5) is 5.69 Å². The minimum atomic E-state index is -0.591. The lowest BCUT2D eigenvalue weighted by molar-refractivity contribution is 0.0925. The Morgan fingerprint density at radius 2 is 1.10 bits per heavy atom. The van der Waals surface area contributed by atoms with Crippen molar-refractivity contribution < 1.29 is 19.1 Å². The van der Waals surface area contributed by atoms with E-state index >= 15 is 0 Å². The van der Waals surface area contributed by atoms with Gasteiger partial charge in [-0.2, -0.15) is 0 Å². The first-order chi connectivity index (χ1) is 13.8. The van der Waals surface area contributed by atoms with Crippen LogP contribution in [0.25, 0.3) is 10.8 Å².